The van der Waals surface area contributed by atoms with E-state index in [1.165, 1.54) is 36.2 Å². The first-order chi connectivity index (χ1) is 9.43. The SMILES string of the molecule is CCC(C)CC(C)Nc1sc(C(C)=O)c(N)c1C1CC1. The van der Waals surface area contributed by atoms with E-state index >= 15 is 0 Å². The van der Waals surface area contributed by atoms with Crippen LogP contribution in [0.2, 0.25) is 0 Å². The monoisotopic (exact) mass is 294 g/mol. The number of hydrogen-bond donors (Lipinski definition) is 2. The number of Topliss-reactive ketones (excluding diaryl/α,β-unsaturated/α-hetero) is 1. The number of nitrogen functional groups attached to an aromatic ring is 1. The first-order valence-electron chi connectivity index (χ1n) is 7.63. The zero-order chi connectivity index (χ0) is 14.9. The van der Waals surface area contributed by atoms with Crippen LogP contribution in [0, 0.1) is 5.92 Å². The van der Waals surface area contributed by atoms with Gasteiger partial charge in [0.1, 0.15) is 0 Å². The van der Waals surface area contributed by atoms with E-state index in [-0.39, 0.29) is 5.78 Å². The van der Waals surface area contributed by atoms with E-state index in [1.807, 2.05) is 0 Å². The summed E-state index contributed by atoms with van der Waals surface area (Å²) in [6, 6.07) is 0.417. The lowest BCUT2D eigenvalue weighted by atomic mass is 10.0. The zero-order valence-corrected chi connectivity index (χ0v) is 13.8. The van der Waals surface area contributed by atoms with E-state index in [4.69, 9.17) is 5.73 Å². The van der Waals surface area contributed by atoms with Crippen LogP contribution in [0.3, 0.4) is 0 Å². The molecular weight excluding hydrogens is 268 g/mol. The van der Waals surface area contributed by atoms with E-state index in [1.54, 1.807) is 6.92 Å². The molecule has 0 radical (unpaired) electrons. The van der Waals surface area contributed by atoms with Gasteiger partial charge >= 0.3 is 0 Å². The Bertz CT molecular complexity index is 491. The minimum atomic E-state index is 0.0806. The maximum Gasteiger partial charge on any atom is 0.171 e. The van der Waals surface area contributed by atoms with E-state index in [0.717, 1.165) is 22.0 Å². The van der Waals surface area contributed by atoms with Crippen LogP contribution in [0.5, 0.6) is 0 Å². The highest BCUT2D eigenvalue weighted by Gasteiger charge is 2.32. The van der Waals surface area contributed by atoms with Crippen molar-refractivity contribution < 1.29 is 4.79 Å². The molecule has 1 aromatic rings. The van der Waals surface area contributed by atoms with Gasteiger partial charge in [-0.25, -0.2) is 0 Å². The second kappa shape index (κ2) is 6.17. The Morgan fingerprint density at radius 3 is 2.60 bits per heavy atom. The lowest BCUT2D eigenvalue weighted by Gasteiger charge is -2.18. The summed E-state index contributed by atoms with van der Waals surface area (Å²) in [4.78, 5) is 12.4. The molecule has 0 saturated heterocycles. The van der Waals surface area contributed by atoms with Crippen LogP contribution in [-0.2, 0) is 0 Å². The minimum absolute atomic E-state index is 0.0806. The van der Waals surface area contributed by atoms with Crippen molar-refractivity contribution in [3.63, 3.8) is 0 Å². The van der Waals surface area contributed by atoms with Crippen LogP contribution >= 0.6 is 11.3 Å². The summed E-state index contributed by atoms with van der Waals surface area (Å²) in [5.74, 6) is 1.36. The van der Waals surface area contributed by atoms with Gasteiger partial charge in [0.05, 0.1) is 15.6 Å². The van der Waals surface area contributed by atoms with Crippen molar-refractivity contribution in [3.8, 4) is 0 Å². The molecular formula is C16H26N2OS. The quantitative estimate of drug-likeness (QED) is 0.720. The predicted octanol–water partition coefficient (Wildman–Crippen LogP) is 4.65. The normalized spacial score (nSPS) is 17.8. The van der Waals surface area contributed by atoms with Gasteiger partial charge in [-0.1, -0.05) is 20.3 Å². The molecule has 1 saturated carbocycles. The number of nitrogens with one attached hydrogen (secondary N) is 1. The highest BCUT2D eigenvalue weighted by molar-refractivity contribution is 7.18. The van der Waals surface area contributed by atoms with Gasteiger partial charge in [-0.15, -0.1) is 11.3 Å². The second-order valence-electron chi connectivity index (χ2n) is 6.21. The molecule has 1 aliphatic rings. The Hall–Kier alpha value is -1.03. The van der Waals surface area contributed by atoms with Crippen molar-refractivity contribution in [1.29, 1.82) is 0 Å². The van der Waals surface area contributed by atoms with Crippen molar-refractivity contribution in [2.45, 2.75) is 65.3 Å². The highest BCUT2D eigenvalue weighted by Crippen LogP contribution is 2.51. The smallest absolute Gasteiger partial charge is 0.171 e. The van der Waals surface area contributed by atoms with Gasteiger partial charge in [0.15, 0.2) is 5.78 Å². The summed E-state index contributed by atoms with van der Waals surface area (Å²) in [6.45, 7) is 8.32. The number of carbonyl (C=O) groups excluding carboxylic acids is 1. The van der Waals surface area contributed by atoms with Gasteiger partial charge in [-0.05, 0) is 38.0 Å². The lowest BCUT2D eigenvalue weighted by molar-refractivity contribution is 0.102. The maximum atomic E-state index is 11.7. The number of anilines is 2. The van der Waals surface area contributed by atoms with Crippen LogP contribution in [-0.4, -0.2) is 11.8 Å². The highest BCUT2D eigenvalue weighted by atomic mass is 32.1. The third-order valence-electron chi connectivity index (χ3n) is 4.12. The molecule has 0 aromatic carbocycles. The summed E-state index contributed by atoms with van der Waals surface area (Å²) in [5.41, 5.74) is 8.13. The molecule has 2 unspecified atom stereocenters. The standard InChI is InChI=1S/C16H26N2OS/c1-5-9(2)8-10(3)18-16-13(12-6-7-12)14(17)15(20-16)11(4)19/h9-10,12,18H,5-8,17H2,1-4H3. The maximum absolute atomic E-state index is 11.7. The molecule has 3 N–H and O–H groups in total. The van der Waals surface area contributed by atoms with Crippen LogP contribution in [0.1, 0.15) is 74.5 Å². The molecule has 20 heavy (non-hydrogen) atoms. The minimum Gasteiger partial charge on any atom is -0.397 e. The largest absolute Gasteiger partial charge is 0.397 e. The summed E-state index contributed by atoms with van der Waals surface area (Å²) >= 11 is 1.54. The fraction of sp³-hybridized carbons (Fsp3) is 0.688. The zero-order valence-electron chi connectivity index (χ0n) is 13.0. The Morgan fingerprint density at radius 1 is 1.45 bits per heavy atom. The molecule has 0 amide bonds. The first kappa shape index (κ1) is 15.4. The van der Waals surface area contributed by atoms with Gasteiger partial charge in [0.2, 0.25) is 0 Å². The average Bonchev–Trinajstić information content (AvgIpc) is 3.14. The first-order valence-corrected chi connectivity index (χ1v) is 8.45. The molecule has 1 aromatic heterocycles. The van der Waals surface area contributed by atoms with Crippen LogP contribution in [0.4, 0.5) is 10.7 Å². The fourth-order valence-electron chi connectivity index (χ4n) is 2.66. The van der Waals surface area contributed by atoms with Crippen molar-refractivity contribution in [3.05, 3.63) is 10.4 Å². The molecule has 1 heterocycles. The van der Waals surface area contributed by atoms with Gasteiger partial charge in [0, 0.05) is 18.5 Å². The summed E-state index contributed by atoms with van der Waals surface area (Å²) < 4.78 is 0. The molecule has 2 rings (SSSR count). The third kappa shape index (κ3) is 3.35. The molecule has 0 aliphatic heterocycles. The molecule has 2 atom stereocenters. The number of hydrogen-bond acceptors (Lipinski definition) is 4. The third-order valence-corrected chi connectivity index (χ3v) is 5.37. The fourth-order valence-corrected chi connectivity index (χ4v) is 3.87. The van der Waals surface area contributed by atoms with Crippen LogP contribution in [0.15, 0.2) is 0 Å². The number of carbonyl (C=O) groups is 1. The van der Waals surface area contributed by atoms with Gasteiger partial charge in [-0.2, -0.15) is 0 Å². The Morgan fingerprint density at radius 2 is 2.10 bits per heavy atom. The molecule has 0 spiro atoms. The van der Waals surface area contributed by atoms with Gasteiger partial charge < -0.3 is 11.1 Å². The molecule has 1 aliphatic carbocycles. The van der Waals surface area contributed by atoms with E-state index in [9.17, 15) is 4.79 Å². The van der Waals surface area contributed by atoms with Crippen molar-refractivity contribution in [2.75, 3.05) is 11.1 Å². The molecule has 4 heteroatoms. The lowest BCUT2D eigenvalue weighted by Crippen LogP contribution is -2.18. The topological polar surface area (TPSA) is 55.1 Å². The number of thiophene rings is 1. The van der Waals surface area contributed by atoms with E-state index < -0.39 is 0 Å². The second-order valence-corrected chi connectivity index (χ2v) is 7.23. The number of rotatable bonds is 7. The Kier molecular flexibility index (Phi) is 4.74. The summed E-state index contributed by atoms with van der Waals surface area (Å²) in [7, 11) is 0. The predicted molar refractivity (Wildman–Crippen MR) is 87.9 cm³/mol. The summed E-state index contributed by atoms with van der Waals surface area (Å²) in [6.07, 6.45) is 4.75. The van der Waals surface area contributed by atoms with Gasteiger partial charge in [0.25, 0.3) is 0 Å². The van der Waals surface area contributed by atoms with Crippen LogP contribution in [0.25, 0.3) is 0 Å². The molecule has 0 bridgehead atoms. The van der Waals surface area contributed by atoms with Gasteiger partial charge in [-0.3, -0.25) is 4.79 Å². The van der Waals surface area contributed by atoms with Crippen molar-refractivity contribution in [1.82, 2.24) is 0 Å². The number of nitrogens with two attached hydrogens (primary N) is 1. The van der Waals surface area contributed by atoms with E-state index in [2.05, 4.69) is 26.1 Å². The molecule has 1 fully saturated rings. The van der Waals surface area contributed by atoms with Crippen molar-refractivity contribution >= 4 is 27.8 Å². The van der Waals surface area contributed by atoms with Crippen LogP contribution < -0.4 is 11.1 Å². The van der Waals surface area contributed by atoms with Crippen molar-refractivity contribution in [2.24, 2.45) is 5.92 Å². The molecule has 112 valence electrons. The number of ketones is 1. The Labute approximate surface area is 125 Å². The molecule has 3 nitrogen and oxygen atoms in total. The van der Waals surface area contributed by atoms with E-state index in [0.29, 0.717) is 17.9 Å². The summed E-state index contributed by atoms with van der Waals surface area (Å²) in [5, 5.41) is 4.73. The Balaban J connectivity index is 2.18. The average molecular weight is 294 g/mol.